The zero-order valence-electron chi connectivity index (χ0n) is 15.6. The van der Waals surface area contributed by atoms with Gasteiger partial charge in [0.15, 0.2) is 0 Å². The summed E-state index contributed by atoms with van der Waals surface area (Å²) in [6.45, 7) is 3.28. The second-order valence-corrected chi connectivity index (χ2v) is 5.90. The maximum atomic E-state index is 13.3. The first-order chi connectivity index (χ1) is 13.5. The first-order valence-corrected chi connectivity index (χ1v) is 8.63. The van der Waals surface area contributed by atoms with Crippen molar-refractivity contribution in [3.8, 4) is 0 Å². The molecule has 0 aliphatic heterocycles. The lowest BCUT2D eigenvalue weighted by Crippen LogP contribution is -2.15. The standard InChI is InChI=1S/C17H13F6N3O.C2H6/c18-16(19,20)11-3-2-10(12(6-11)17(21,22)23)7-26-14-5-9(8-27)1-4-13(14)25-15(26)24;1-2/h1-6,27H,7-8H2,(H2,24,25);1-2H3. The third-order valence-corrected chi connectivity index (χ3v) is 4.10. The number of nitrogen functional groups attached to an aromatic ring is 1. The fraction of sp³-hybridized carbons (Fsp3) is 0.316. The van der Waals surface area contributed by atoms with Crippen LogP contribution in [0.1, 0.15) is 36.1 Å². The van der Waals surface area contributed by atoms with E-state index in [0.717, 1.165) is 6.07 Å². The van der Waals surface area contributed by atoms with Crippen LogP contribution in [0.15, 0.2) is 36.4 Å². The Hall–Kier alpha value is -2.75. The smallest absolute Gasteiger partial charge is 0.392 e. The lowest BCUT2D eigenvalue weighted by molar-refractivity contribution is -0.143. The summed E-state index contributed by atoms with van der Waals surface area (Å²) < 4.78 is 79.6. The molecular formula is C19H19F6N3O. The van der Waals surface area contributed by atoms with Crippen LogP contribution in [0.3, 0.4) is 0 Å². The van der Waals surface area contributed by atoms with E-state index in [1.165, 1.54) is 10.6 Å². The zero-order valence-corrected chi connectivity index (χ0v) is 15.6. The molecule has 0 spiro atoms. The van der Waals surface area contributed by atoms with Crippen molar-refractivity contribution in [2.24, 2.45) is 0 Å². The number of aliphatic hydroxyl groups excluding tert-OH is 1. The molecule has 10 heteroatoms. The SMILES string of the molecule is CC.Nc1nc2ccc(CO)cc2n1Cc1ccc(C(F)(F)F)cc1C(F)(F)F. The maximum absolute atomic E-state index is 13.3. The van der Waals surface area contributed by atoms with Crippen LogP contribution < -0.4 is 5.73 Å². The second kappa shape index (κ2) is 8.32. The number of alkyl halides is 6. The summed E-state index contributed by atoms with van der Waals surface area (Å²) in [7, 11) is 0. The average Bonchev–Trinajstić information content (AvgIpc) is 2.96. The maximum Gasteiger partial charge on any atom is 0.416 e. The predicted molar refractivity (Wildman–Crippen MR) is 97.0 cm³/mol. The lowest BCUT2D eigenvalue weighted by atomic mass is 10.0. The number of aliphatic hydroxyl groups is 1. The van der Waals surface area contributed by atoms with Crippen molar-refractivity contribution in [1.29, 1.82) is 0 Å². The van der Waals surface area contributed by atoms with Gasteiger partial charge in [-0.25, -0.2) is 4.98 Å². The highest BCUT2D eigenvalue weighted by Crippen LogP contribution is 2.38. The predicted octanol–water partition coefficient (Wildman–Crippen LogP) is 5.22. The molecule has 0 saturated carbocycles. The summed E-state index contributed by atoms with van der Waals surface area (Å²) in [6.07, 6.45) is -9.87. The molecule has 0 bridgehead atoms. The lowest BCUT2D eigenvalue weighted by Gasteiger charge is -2.17. The molecule has 3 rings (SSSR count). The van der Waals surface area contributed by atoms with Crippen LogP contribution in [-0.4, -0.2) is 14.7 Å². The minimum atomic E-state index is -4.97. The van der Waals surface area contributed by atoms with E-state index in [2.05, 4.69) is 4.98 Å². The van der Waals surface area contributed by atoms with E-state index in [4.69, 9.17) is 5.73 Å². The van der Waals surface area contributed by atoms with Crippen molar-refractivity contribution in [3.05, 3.63) is 58.7 Å². The van der Waals surface area contributed by atoms with Gasteiger partial charge in [-0.2, -0.15) is 26.3 Å². The first-order valence-electron chi connectivity index (χ1n) is 8.63. The van der Waals surface area contributed by atoms with E-state index in [0.29, 0.717) is 22.7 Å². The molecule has 1 aromatic heterocycles. The van der Waals surface area contributed by atoms with Crippen molar-refractivity contribution in [2.75, 3.05) is 5.73 Å². The van der Waals surface area contributed by atoms with Gasteiger partial charge in [-0.3, -0.25) is 0 Å². The Labute approximate surface area is 162 Å². The number of nitrogens with two attached hydrogens (primary N) is 1. The number of aromatic nitrogens is 2. The molecule has 158 valence electrons. The van der Waals surface area contributed by atoms with Crippen molar-refractivity contribution >= 4 is 17.0 Å². The Kier molecular flexibility index (Phi) is 6.46. The molecule has 3 N–H and O–H groups in total. The molecule has 0 saturated heterocycles. The summed E-state index contributed by atoms with van der Waals surface area (Å²) >= 11 is 0. The summed E-state index contributed by atoms with van der Waals surface area (Å²) in [5, 5.41) is 9.23. The van der Waals surface area contributed by atoms with Gasteiger partial charge >= 0.3 is 12.4 Å². The van der Waals surface area contributed by atoms with Gasteiger partial charge in [-0.15, -0.1) is 0 Å². The summed E-state index contributed by atoms with van der Waals surface area (Å²) in [5.41, 5.74) is 3.88. The quantitative estimate of drug-likeness (QED) is 0.572. The van der Waals surface area contributed by atoms with Crippen molar-refractivity contribution in [1.82, 2.24) is 9.55 Å². The van der Waals surface area contributed by atoms with Gasteiger partial charge in [-0.1, -0.05) is 26.0 Å². The molecule has 0 amide bonds. The third kappa shape index (κ3) is 4.81. The Morgan fingerprint density at radius 1 is 0.966 bits per heavy atom. The van der Waals surface area contributed by atoms with E-state index in [1.54, 1.807) is 12.1 Å². The number of benzene rings is 2. The van der Waals surface area contributed by atoms with Crippen LogP contribution in [0.2, 0.25) is 0 Å². The second-order valence-electron chi connectivity index (χ2n) is 5.90. The molecule has 0 fully saturated rings. The monoisotopic (exact) mass is 419 g/mol. The summed E-state index contributed by atoms with van der Waals surface area (Å²) in [6, 6.07) is 6.11. The van der Waals surface area contributed by atoms with Crippen molar-refractivity contribution < 1.29 is 31.4 Å². The zero-order chi connectivity index (χ0) is 22.0. The van der Waals surface area contributed by atoms with Crippen molar-refractivity contribution in [2.45, 2.75) is 39.4 Å². The van der Waals surface area contributed by atoms with E-state index < -0.39 is 30.0 Å². The molecular weight excluding hydrogens is 400 g/mol. The van der Waals surface area contributed by atoms with Crippen molar-refractivity contribution in [3.63, 3.8) is 0 Å². The number of nitrogens with zero attached hydrogens (tertiary/aromatic N) is 2. The van der Waals surface area contributed by atoms with Crippen LogP contribution in [0, 0.1) is 0 Å². The Morgan fingerprint density at radius 2 is 1.62 bits per heavy atom. The van der Waals surface area contributed by atoms with Gasteiger partial charge in [0, 0.05) is 0 Å². The third-order valence-electron chi connectivity index (χ3n) is 4.10. The number of hydrogen-bond donors (Lipinski definition) is 2. The molecule has 3 aromatic rings. The highest BCUT2D eigenvalue weighted by Gasteiger charge is 2.38. The average molecular weight is 419 g/mol. The normalized spacial score (nSPS) is 12.0. The number of imidazole rings is 1. The minimum absolute atomic E-state index is 0.0871. The van der Waals surface area contributed by atoms with Gasteiger partial charge in [-0.05, 0) is 35.4 Å². The van der Waals surface area contributed by atoms with Gasteiger partial charge in [0.1, 0.15) is 0 Å². The van der Waals surface area contributed by atoms with Gasteiger partial charge < -0.3 is 15.4 Å². The fourth-order valence-corrected chi connectivity index (χ4v) is 2.78. The molecule has 0 radical (unpaired) electrons. The molecule has 4 nitrogen and oxygen atoms in total. The van der Waals surface area contributed by atoms with Crippen LogP contribution in [0.25, 0.3) is 11.0 Å². The van der Waals surface area contributed by atoms with Gasteiger partial charge in [0.25, 0.3) is 0 Å². The summed E-state index contributed by atoms with van der Waals surface area (Å²) in [5.74, 6) is -0.0897. The molecule has 29 heavy (non-hydrogen) atoms. The number of rotatable bonds is 3. The topological polar surface area (TPSA) is 64.1 Å². The van der Waals surface area contributed by atoms with E-state index in [-0.39, 0.29) is 24.2 Å². The first kappa shape index (κ1) is 22.5. The van der Waals surface area contributed by atoms with Crippen LogP contribution >= 0.6 is 0 Å². The number of hydrogen-bond acceptors (Lipinski definition) is 3. The van der Waals surface area contributed by atoms with Crippen LogP contribution in [0.4, 0.5) is 32.3 Å². The molecule has 0 atom stereocenters. The van der Waals surface area contributed by atoms with E-state index >= 15 is 0 Å². The Bertz CT molecular complexity index is 992. The number of halogens is 6. The largest absolute Gasteiger partial charge is 0.416 e. The van der Waals surface area contributed by atoms with Gasteiger partial charge in [0.2, 0.25) is 5.95 Å². The van der Waals surface area contributed by atoms with E-state index in [9.17, 15) is 31.4 Å². The highest BCUT2D eigenvalue weighted by atomic mass is 19.4. The van der Waals surface area contributed by atoms with E-state index in [1.807, 2.05) is 13.8 Å². The minimum Gasteiger partial charge on any atom is -0.392 e. The molecule has 2 aromatic carbocycles. The number of fused-ring (bicyclic) bond motifs is 1. The fourth-order valence-electron chi connectivity index (χ4n) is 2.78. The summed E-state index contributed by atoms with van der Waals surface area (Å²) in [4.78, 5) is 4.03. The molecule has 0 aliphatic rings. The molecule has 0 aliphatic carbocycles. The molecule has 1 heterocycles. The van der Waals surface area contributed by atoms with Gasteiger partial charge in [0.05, 0.1) is 35.3 Å². The van der Waals surface area contributed by atoms with Crippen LogP contribution in [0.5, 0.6) is 0 Å². The van der Waals surface area contributed by atoms with Crippen LogP contribution in [-0.2, 0) is 25.5 Å². The molecule has 0 unspecified atom stereocenters. The Balaban J connectivity index is 0.00000145. The number of anilines is 1. The highest BCUT2D eigenvalue weighted by molar-refractivity contribution is 5.79. The Morgan fingerprint density at radius 3 is 2.17 bits per heavy atom.